The van der Waals surface area contributed by atoms with Gasteiger partial charge in [0.2, 0.25) is 5.95 Å². The Labute approximate surface area is 210 Å². The van der Waals surface area contributed by atoms with E-state index in [-0.39, 0.29) is 11.0 Å². The van der Waals surface area contributed by atoms with E-state index >= 15 is 0 Å². The van der Waals surface area contributed by atoms with Gasteiger partial charge in [0.1, 0.15) is 5.39 Å². The van der Waals surface area contributed by atoms with Crippen LogP contribution in [0.1, 0.15) is 56.9 Å². The van der Waals surface area contributed by atoms with Crippen LogP contribution in [0.25, 0.3) is 16.9 Å². The maximum absolute atomic E-state index is 13.5. The lowest BCUT2D eigenvalue weighted by Gasteiger charge is -2.26. The van der Waals surface area contributed by atoms with Gasteiger partial charge in [-0.3, -0.25) is 4.79 Å². The minimum absolute atomic E-state index is 0.0623. The van der Waals surface area contributed by atoms with Crippen LogP contribution < -0.4 is 16.2 Å². The summed E-state index contributed by atoms with van der Waals surface area (Å²) in [5.74, 6) is 1.68. The molecule has 8 nitrogen and oxygen atoms in total. The van der Waals surface area contributed by atoms with Gasteiger partial charge in [0.15, 0.2) is 11.5 Å². The minimum Gasteiger partial charge on any atom is -0.324 e. The molecule has 0 bridgehead atoms. The number of fused-ring (bicyclic) bond motifs is 2. The van der Waals surface area contributed by atoms with Crippen LogP contribution in [0.3, 0.4) is 0 Å². The second kappa shape index (κ2) is 8.85. The van der Waals surface area contributed by atoms with Gasteiger partial charge in [-0.1, -0.05) is 39.3 Å². The monoisotopic (exact) mass is 483 g/mol. The molecule has 0 atom stereocenters. The highest BCUT2D eigenvalue weighted by molar-refractivity contribution is 5.77. The quantitative estimate of drug-likeness (QED) is 0.436. The average Bonchev–Trinajstić information content (AvgIpc) is 3.11. The summed E-state index contributed by atoms with van der Waals surface area (Å²) in [6, 6.07) is 12.4. The molecular formula is C28H33N7O. The van der Waals surface area contributed by atoms with Crippen molar-refractivity contribution in [3.05, 3.63) is 69.8 Å². The third-order valence-corrected chi connectivity index (χ3v) is 7.40. The molecule has 1 aromatic carbocycles. The van der Waals surface area contributed by atoms with Crippen molar-refractivity contribution in [1.29, 1.82) is 0 Å². The fourth-order valence-corrected chi connectivity index (χ4v) is 5.05. The summed E-state index contributed by atoms with van der Waals surface area (Å²) in [6.45, 7) is 8.99. The second-order valence-electron chi connectivity index (χ2n) is 11.1. The number of hydrogen-bond donors (Lipinski definition) is 2. The lowest BCUT2D eigenvalue weighted by atomic mass is 9.85. The van der Waals surface area contributed by atoms with Gasteiger partial charge in [0.05, 0.1) is 0 Å². The molecule has 1 saturated carbocycles. The molecule has 1 fully saturated rings. The van der Waals surface area contributed by atoms with Gasteiger partial charge >= 0.3 is 0 Å². The Bertz CT molecular complexity index is 1490. The second-order valence-corrected chi connectivity index (χ2v) is 11.1. The van der Waals surface area contributed by atoms with Crippen LogP contribution in [0.2, 0.25) is 0 Å². The molecule has 2 aliphatic rings. The van der Waals surface area contributed by atoms with Gasteiger partial charge in [-0.05, 0) is 67.1 Å². The number of aromatic nitrogens is 5. The van der Waals surface area contributed by atoms with Crippen molar-refractivity contribution in [2.24, 2.45) is 5.92 Å². The molecule has 3 aromatic heterocycles. The van der Waals surface area contributed by atoms with Gasteiger partial charge in [0, 0.05) is 36.1 Å². The number of nitrogens with zero attached hydrogens (tertiary/aromatic N) is 5. The number of anilines is 2. The van der Waals surface area contributed by atoms with Gasteiger partial charge in [-0.15, -0.1) is 0 Å². The lowest BCUT2D eigenvalue weighted by Crippen LogP contribution is -2.29. The van der Waals surface area contributed by atoms with Crippen LogP contribution in [0, 0.1) is 5.92 Å². The molecule has 0 amide bonds. The van der Waals surface area contributed by atoms with E-state index in [9.17, 15) is 4.79 Å². The van der Waals surface area contributed by atoms with E-state index in [1.807, 2.05) is 27.6 Å². The topological polar surface area (TPSA) is 89.7 Å². The predicted molar refractivity (Wildman–Crippen MR) is 142 cm³/mol. The third-order valence-electron chi connectivity index (χ3n) is 7.40. The van der Waals surface area contributed by atoms with Crippen molar-refractivity contribution in [1.82, 2.24) is 29.6 Å². The normalized spacial score (nSPS) is 16.1. The molecule has 4 heterocycles. The first-order valence-corrected chi connectivity index (χ1v) is 12.9. The number of benzene rings is 1. The third kappa shape index (κ3) is 4.19. The fraction of sp³-hybridized carbons (Fsp3) is 0.429. The van der Waals surface area contributed by atoms with Crippen LogP contribution >= 0.6 is 0 Å². The van der Waals surface area contributed by atoms with E-state index in [0.717, 1.165) is 43.7 Å². The zero-order valence-electron chi connectivity index (χ0n) is 21.2. The van der Waals surface area contributed by atoms with Crippen LogP contribution in [0.4, 0.5) is 11.6 Å². The molecule has 4 aromatic rings. The minimum atomic E-state index is -0.109. The van der Waals surface area contributed by atoms with Crippen LogP contribution in [-0.4, -0.2) is 30.9 Å². The van der Waals surface area contributed by atoms with Crippen molar-refractivity contribution in [3.63, 3.8) is 0 Å². The average molecular weight is 484 g/mol. The summed E-state index contributed by atoms with van der Waals surface area (Å²) in [7, 11) is 0. The highest BCUT2D eigenvalue weighted by Gasteiger charge is 2.25. The molecule has 0 unspecified atom stereocenters. The van der Waals surface area contributed by atoms with E-state index in [0.29, 0.717) is 35.3 Å². The van der Waals surface area contributed by atoms with Crippen molar-refractivity contribution >= 4 is 22.7 Å². The van der Waals surface area contributed by atoms with Crippen LogP contribution in [-0.2, 0) is 24.9 Å². The number of nitrogens with one attached hydrogen (secondary N) is 2. The molecule has 6 rings (SSSR count). The first kappa shape index (κ1) is 22.9. The fourth-order valence-electron chi connectivity index (χ4n) is 5.05. The Morgan fingerprint density at radius 2 is 1.97 bits per heavy atom. The van der Waals surface area contributed by atoms with Crippen LogP contribution in [0.5, 0.6) is 0 Å². The summed E-state index contributed by atoms with van der Waals surface area (Å²) in [6.07, 6.45) is 6.18. The molecule has 186 valence electrons. The molecular weight excluding hydrogens is 450 g/mol. The van der Waals surface area contributed by atoms with E-state index in [2.05, 4.69) is 54.6 Å². The molecule has 1 aliphatic heterocycles. The number of pyridine rings is 1. The standard InChI is InChI=1S/C28H33N7O/c1-28(2,3)23-8-5-9-24(32-23)35-25-22(26(36)34(35)17-18-6-4-7-18)16-30-27(33-25)31-21-11-10-20-15-29-13-12-19(20)14-21/h5,8-11,14,16,18,29H,4,6-7,12-13,15,17H2,1-3H3,(H,30,31,33). The molecule has 36 heavy (non-hydrogen) atoms. The molecule has 8 heteroatoms. The Morgan fingerprint density at radius 1 is 1.11 bits per heavy atom. The largest absolute Gasteiger partial charge is 0.324 e. The van der Waals surface area contributed by atoms with Gasteiger partial charge in [-0.2, -0.15) is 4.98 Å². The smallest absolute Gasteiger partial charge is 0.278 e. The van der Waals surface area contributed by atoms with E-state index in [1.54, 1.807) is 6.20 Å². The zero-order valence-corrected chi connectivity index (χ0v) is 21.2. The van der Waals surface area contributed by atoms with E-state index < -0.39 is 0 Å². The predicted octanol–water partition coefficient (Wildman–Crippen LogP) is 4.46. The number of rotatable bonds is 5. The molecule has 1 aliphatic carbocycles. The Balaban J connectivity index is 1.45. The molecule has 0 radical (unpaired) electrons. The Kier molecular flexibility index (Phi) is 5.63. The summed E-state index contributed by atoms with van der Waals surface area (Å²) in [5, 5.41) is 7.29. The lowest BCUT2D eigenvalue weighted by molar-refractivity contribution is 0.257. The first-order chi connectivity index (χ1) is 17.4. The summed E-state index contributed by atoms with van der Waals surface area (Å²) >= 11 is 0. The van der Waals surface area contributed by atoms with E-state index in [4.69, 9.17) is 9.97 Å². The van der Waals surface area contributed by atoms with E-state index in [1.165, 1.54) is 17.5 Å². The van der Waals surface area contributed by atoms with Crippen molar-refractivity contribution in [3.8, 4) is 5.82 Å². The highest BCUT2D eigenvalue weighted by atomic mass is 16.1. The SMILES string of the molecule is CC(C)(C)c1cccc(-n2c3nc(Nc4ccc5c(c4)CCNC5)ncc3c(=O)n2CC2CCC2)n1. The van der Waals surface area contributed by atoms with Gasteiger partial charge in [0.25, 0.3) is 5.56 Å². The van der Waals surface area contributed by atoms with Crippen molar-refractivity contribution in [2.45, 2.75) is 65.0 Å². The maximum atomic E-state index is 13.5. The Hall–Kier alpha value is -3.52. The van der Waals surface area contributed by atoms with Crippen molar-refractivity contribution < 1.29 is 0 Å². The first-order valence-electron chi connectivity index (χ1n) is 12.9. The summed E-state index contributed by atoms with van der Waals surface area (Å²) in [4.78, 5) is 27.8. The van der Waals surface area contributed by atoms with Crippen LogP contribution in [0.15, 0.2) is 47.4 Å². The van der Waals surface area contributed by atoms with Gasteiger partial charge in [-0.25, -0.2) is 19.3 Å². The molecule has 0 saturated heterocycles. The van der Waals surface area contributed by atoms with Gasteiger partial charge < -0.3 is 10.6 Å². The molecule has 0 spiro atoms. The molecule has 2 N–H and O–H groups in total. The number of hydrogen-bond acceptors (Lipinski definition) is 6. The Morgan fingerprint density at radius 3 is 2.75 bits per heavy atom. The maximum Gasteiger partial charge on any atom is 0.278 e. The highest BCUT2D eigenvalue weighted by Crippen LogP contribution is 2.29. The summed E-state index contributed by atoms with van der Waals surface area (Å²) < 4.78 is 3.71. The van der Waals surface area contributed by atoms with Crippen molar-refractivity contribution in [2.75, 3.05) is 11.9 Å². The summed E-state index contributed by atoms with van der Waals surface area (Å²) in [5.41, 5.74) is 5.00. The zero-order chi connectivity index (χ0) is 24.9.